The molecule has 13 heteroatoms. The van der Waals surface area contributed by atoms with Gasteiger partial charge in [-0.05, 0) is 67.8 Å². The molecule has 1 heterocycles. The van der Waals surface area contributed by atoms with Gasteiger partial charge in [0, 0.05) is 24.9 Å². The molecule has 3 rings (SSSR count). The second-order valence-electron chi connectivity index (χ2n) is 8.49. The molecule has 0 atom stereocenters. The molecule has 0 bridgehead atoms. The number of carbonyl (C=O) groups is 4. The zero-order chi connectivity index (χ0) is 29.5. The largest absolute Gasteiger partial charge is 0.480 e. The number of aliphatic carboxylic acids is 2. The quantitative estimate of drug-likeness (QED) is 0.0820. The number of nitrogens with zero attached hydrogens (tertiary/aromatic N) is 1. The molecular formula is C27H33N5O8. The van der Waals surface area contributed by atoms with Crippen molar-refractivity contribution in [2.45, 2.75) is 19.8 Å². The van der Waals surface area contributed by atoms with Crippen LogP contribution in [0.5, 0.6) is 5.75 Å². The number of ether oxygens (including phenoxy) is 2. The molecule has 2 aromatic carbocycles. The number of piperidine rings is 1. The summed E-state index contributed by atoms with van der Waals surface area (Å²) in [4.78, 5) is 44.3. The van der Waals surface area contributed by atoms with Crippen LogP contribution in [0.25, 0.3) is 6.08 Å². The Kier molecular flexibility index (Phi) is 12.8. The Morgan fingerprint density at radius 1 is 1.05 bits per heavy atom. The number of guanidine groups is 1. The zero-order valence-corrected chi connectivity index (χ0v) is 22.0. The summed E-state index contributed by atoms with van der Waals surface area (Å²) in [5.74, 6) is -2.46. The van der Waals surface area contributed by atoms with E-state index >= 15 is 0 Å². The predicted molar refractivity (Wildman–Crippen MR) is 147 cm³/mol. The van der Waals surface area contributed by atoms with E-state index in [1.54, 1.807) is 55.5 Å². The molecular weight excluding hydrogens is 522 g/mol. The van der Waals surface area contributed by atoms with Crippen molar-refractivity contribution < 1.29 is 38.9 Å². The Hall–Kier alpha value is -4.75. The first-order valence-corrected chi connectivity index (χ1v) is 12.4. The molecule has 2 aromatic rings. The van der Waals surface area contributed by atoms with Crippen LogP contribution in [0.2, 0.25) is 0 Å². The first-order valence-electron chi connectivity index (χ1n) is 12.4. The van der Waals surface area contributed by atoms with E-state index in [9.17, 15) is 19.2 Å². The SMILES string of the molecule is CCOC(=O)C1CCN(NCC(=O)O)CC1.N=C(N)Nc1ccc(OC(=O)c2ccc(C=CC(=O)O)cc2)cc1. The van der Waals surface area contributed by atoms with Crippen LogP contribution in [0.4, 0.5) is 5.69 Å². The van der Waals surface area contributed by atoms with Crippen LogP contribution in [0, 0.1) is 11.3 Å². The monoisotopic (exact) mass is 555 g/mol. The van der Waals surface area contributed by atoms with Gasteiger partial charge in [0.05, 0.1) is 18.1 Å². The van der Waals surface area contributed by atoms with Crippen molar-refractivity contribution in [1.82, 2.24) is 10.4 Å². The summed E-state index contributed by atoms with van der Waals surface area (Å²) < 4.78 is 10.2. The Morgan fingerprint density at radius 2 is 1.68 bits per heavy atom. The minimum atomic E-state index is -1.04. The minimum Gasteiger partial charge on any atom is -0.480 e. The number of hydrazine groups is 1. The van der Waals surface area contributed by atoms with Gasteiger partial charge in [-0.2, -0.15) is 0 Å². The molecule has 0 saturated carbocycles. The molecule has 1 saturated heterocycles. The van der Waals surface area contributed by atoms with E-state index in [0.717, 1.165) is 6.08 Å². The molecule has 214 valence electrons. The van der Waals surface area contributed by atoms with Crippen LogP contribution in [0.3, 0.4) is 0 Å². The maximum Gasteiger partial charge on any atom is 0.343 e. The summed E-state index contributed by atoms with van der Waals surface area (Å²) >= 11 is 0. The Balaban J connectivity index is 0.000000305. The van der Waals surface area contributed by atoms with Gasteiger partial charge in [-0.15, -0.1) is 0 Å². The number of benzene rings is 2. The van der Waals surface area contributed by atoms with Crippen molar-refractivity contribution in [3.63, 3.8) is 0 Å². The second-order valence-corrected chi connectivity index (χ2v) is 8.49. The van der Waals surface area contributed by atoms with Crippen molar-refractivity contribution in [1.29, 1.82) is 5.41 Å². The number of hydrogen-bond donors (Lipinski definition) is 6. The highest BCUT2D eigenvalue weighted by molar-refractivity contribution is 5.92. The first kappa shape index (κ1) is 31.5. The molecule has 1 aliphatic rings. The second kappa shape index (κ2) is 16.3. The van der Waals surface area contributed by atoms with E-state index in [1.165, 1.54) is 6.08 Å². The van der Waals surface area contributed by atoms with Crippen LogP contribution in [-0.2, 0) is 19.1 Å². The van der Waals surface area contributed by atoms with Crippen LogP contribution in [0.1, 0.15) is 35.7 Å². The van der Waals surface area contributed by atoms with Crippen molar-refractivity contribution in [3.05, 3.63) is 65.7 Å². The molecule has 13 nitrogen and oxygen atoms in total. The van der Waals surface area contributed by atoms with E-state index < -0.39 is 17.9 Å². The maximum absolute atomic E-state index is 12.1. The van der Waals surface area contributed by atoms with E-state index in [0.29, 0.717) is 55.1 Å². The summed E-state index contributed by atoms with van der Waals surface area (Å²) in [5.41, 5.74) is 9.62. The average Bonchev–Trinajstić information content (AvgIpc) is 2.92. The molecule has 0 spiro atoms. The Morgan fingerprint density at radius 3 is 2.20 bits per heavy atom. The lowest BCUT2D eigenvalue weighted by Gasteiger charge is -2.30. The number of carboxylic acids is 2. The molecule has 0 amide bonds. The van der Waals surface area contributed by atoms with Crippen LogP contribution >= 0.6 is 0 Å². The average molecular weight is 556 g/mol. The molecule has 1 aliphatic heterocycles. The van der Waals surface area contributed by atoms with Gasteiger partial charge >= 0.3 is 23.9 Å². The number of rotatable bonds is 10. The summed E-state index contributed by atoms with van der Waals surface area (Å²) in [7, 11) is 0. The molecule has 0 aliphatic carbocycles. The van der Waals surface area contributed by atoms with Gasteiger partial charge in [0.2, 0.25) is 0 Å². The van der Waals surface area contributed by atoms with Gasteiger partial charge in [0.25, 0.3) is 0 Å². The standard InChI is InChI=1S/C17H15N3O4.C10H18N2O4/c18-17(19)20-13-6-8-14(9-7-13)24-16(23)12-4-1-11(2-5-12)3-10-15(21)22;1-2-16-10(15)8-3-5-12(6-4-8)11-7-9(13)14/h1-10H,(H,21,22)(H4,18,19,20);8,11H,2-7H2,1H3,(H,13,14). The highest BCUT2D eigenvalue weighted by Crippen LogP contribution is 2.18. The number of carboxylic acid groups (broad SMARTS) is 2. The third kappa shape index (κ3) is 11.8. The van der Waals surface area contributed by atoms with Gasteiger partial charge in [-0.25, -0.2) is 20.0 Å². The van der Waals surface area contributed by atoms with Crippen molar-refractivity contribution in [2.75, 3.05) is 31.6 Å². The molecule has 0 aromatic heterocycles. The Bertz CT molecular complexity index is 1190. The number of esters is 2. The van der Waals surface area contributed by atoms with E-state index in [4.69, 9.17) is 30.8 Å². The van der Waals surface area contributed by atoms with Crippen LogP contribution in [0.15, 0.2) is 54.6 Å². The number of nitrogens with one attached hydrogen (secondary N) is 3. The van der Waals surface area contributed by atoms with E-state index in [1.807, 2.05) is 5.01 Å². The summed E-state index contributed by atoms with van der Waals surface area (Å²) in [6.45, 7) is 3.48. The van der Waals surface area contributed by atoms with Crippen molar-refractivity contribution >= 4 is 41.6 Å². The zero-order valence-electron chi connectivity index (χ0n) is 22.0. The summed E-state index contributed by atoms with van der Waals surface area (Å²) in [5, 5.41) is 28.6. The van der Waals surface area contributed by atoms with Crippen molar-refractivity contribution in [2.24, 2.45) is 11.7 Å². The van der Waals surface area contributed by atoms with E-state index in [2.05, 4.69) is 10.7 Å². The lowest BCUT2D eigenvalue weighted by atomic mass is 9.98. The molecule has 0 unspecified atom stereocenters. The van der Waals surface area contributed by atoms with Crippen LogP contribution in [-0.4, -0.2) is 71.3 Å². The minimum absolute atomic E-state index is 0.0390. The van der Waals surface area contributed by atoms with Crippen LogP contribution < -0.4 is 21.2 Å². The maximum atomic E-state index is 12.1. The smallest absolute Gasteiger partial charge is 0.343 e. The number of hydrogen-bond acceptors (Lipinski definition) is 9. The number of carbonyl (C=O) groups excluding carboxylic acids is 2. The number of anilines is 1. The third-order valence-electron chi connectivity index (χ3n) is 5.48. The summed E-state index contributed by atoms with van der Waals surface area (Å²) in [6.07, 6.45) is 3.87. The van der Waals surface area contributed by atoms with Crippen molar-refractivity contribution in [3.8, 4) is 5.75 Å². The molecule has 1 fully saturated rings. The summed E-state index contributed by atoms with van der Waals surface area (Å²) in [6, 6.07) is 12.8. The van der Waals surface area contributed by atoms with Gasteiger partial charge in [-0.3, -0.25) is 15.0 Å². The Labute approximate surface area is 231 Å². The third-order valence-corrected chi connectivity index (χ3v) is 5.48. The highest BCUT2D eigenvalue weighted by atomic mass is 16.5. The number of nitrogens with two attached hydrogens (primary N) is 1. The predicted octanol–water partition coefficient (Wildman–Crippen LogP) is 2.16. The van der Waals surface area contributed by atoms with Gasteiger partial charge < -0.3 is 30.7 Å². The van der Waals surface area contributed by atoms with Gasteiger partial charge in [0.15, 0.2) is 5.96 Å². The van der Waals surface area contributed by atoms with Gasteiger partial charge in [-0.1, -0.05) is 12.1 Å². The van der Waals surface area contributed by atoms with Gasteiger partial charge in [0.1, 0.15) is 12.3 Å². The lowest BCUT2D eigenvalue weighted by molar-refractivity contribution is -0.150. The molecule has 0 radical (unpaired) electrons. The molecule has 40 heavy (non-hydrogen) atoms. The fourth-order valence-corrected chi connectivity index (χ4v) is 3.54. The van der Waals surface area contributed by atoms with E-state index in [-0.39, 0.29) is 24.4 Å². The first-order chi connectivity index (χ1) is 19.1. The highest BCUT2D eigenvalue weighted by Gasteiger charge is 2.25. The topological polar surface area (TPSA) is 204 Å². The fourth-order valence-electron chi connectivity index (χ4n) is 3.54. The fraction of sp³-hybridized carbons (Fsp3) is 0.296. The molecule has 7 N–H and O–H groups in total. The normalized spacial score (nSPS) is 13.5. The lowest BCUT2D eigenvalue weighted by Crippen LogP contribution is -2.46.